The highest BCUT2D eigenvalue weighted by atomic mass is 35.6. The van der Waals surface area contributed by atoms with Gasteiger partial charge in [-0.1, -0.05) is 60.7 Å². The van der Waals surface area contributed by atoms with Crippen LogP contribution in [0.3, 0.4) is 0 Å². The van der Waals surface area contributed by atoms with Crippen molar-refractivity contribution in [3.8, 4) is 0 Å². The highest BCUT2D eigenvalue weighted by Crippen LogP contribution is 2.62. The van der Waals surface area contributed by atoms with Crippen LogP contribution in [0, 0.1) is 23.7 Å². The van der Waals surface area contributed by atoms with Crippen LogP contribution in [-0.2, 0) is 0 Å². The molecule has 0 aromatic heterocycles. The van der Waals surface area contributed by atoms with E-state index in [-0.39, 0.29) is 0 Å². The van der Waals surface area contributed by atoms with Crippen molar-refractivity contribution < 1.29 is 0 Å². The number of benzene rings is 2. The summed E-state index contributed by atoms with van der Waals surface area (Å²) >= 11 is 7.77. The lowest BCUT2D eigenvalue weighted by atomic mass is 9.56. The van der Waals surface area contributed by atoms with Gasteiger partial charge >= 0.3 is 0 Å². The second-order valence-electron chi connectivity index (χ2n) is 8.40. The van der Waals surface area contributed by atoms with Gasteiger partial charge in [0.05, 0.1) is 0 Å². The molecule has 0 aliphatic heterocycles. The van der Waals surface area contributed by atoms with Crippen molar-refractivity contribution in [1.82, 2.24) is 0 Å². The zero-order valence-corrected chi connectivity index (χ0v) is 15.8. The van der Waals surface area contributed by atoms with Gasteiger partial charge in [0.2, 0.25) is 7.38 Å². The summed E-state index contributed by atoms with van der Waals surface area (Å²) < 4.78 is 0. The lowest BCUT2D eigenvalue weighted by Crippen LogP contribution is -2.63. The Morgan fingerprint density at radius 3 is 1.46 bits per heavy atom. The third kappa shape index (κ3) is 2.24. The molecule has 0 spiro atoms. The van der Waals surface area contributed by atoms with Gasteiger partial charge in [0.25, 0.3) is 0 Å². The first-order valence-electron chi connectivity index (χ1n) is 9.55. The summed E-state index contributed by atoms with van der Waals surface area (Å²) in [4.78, 5) is 0. The second-order valence-corrected chi connectivity index (χ2v) is 13.4. The van der Waals surface area contributed by atoms with Crippen LogP contribution in [0.4, 0.5) is 0 Å². The second kappa shape index (κ2) is 5.74. The Morgan fingerprint density at radius 2 is 1.04 bits per heavy atom. The van der Waals surface area contributed by atoms with Crippen molar-refractivity contribution >= 4 is 28.8 Å². The predicted octanol–water partition coefficient (Wildman–Crippen LogP) is 4.81. The fourth-order valence-corrected chi connectivity index (χ4v) is 12.6. The van der Waals surface area contributed by atoms with Gasteiger partial charge in [-0.3, -0.25) is 0 Å². The van der Waals surface area contributed by atoms with Crippen molar-refractivity contribution in [1.29, 1.82) is 0 Å². The van der Waals surface area contributed by atoms with Gasteiger partial charge in [0, 0.05) is 0 Å². The van der Waals surface area contributed by atoms with Crippen molar-refractivity contribution in [2.24, 2.45) is 23.7 Å². The normalized spacial score (nSPS) is 34.5. The highest BCUT2D eigenvalue weighted by Gasteiger charge is 2.57. The number of hydrogen-bond acceptors (Lipinski definition) is 0. The average molecular weight is 353 g/mol. The Hall–Kier alpha value is -1.05. The molecule has 24 heavy (non-hydrogen) atoms. The fraction of sp³-hybridized carbons (Fsp3) is 0.455. The van der Waals surface area contributed by atoms with Gasteiger partial charge in [0.15, 0.2) is 0 Å². The molecule has 2 aromatic carbocycles. The standard InChI is InChI=1S/C22H25ClSi/c23-24(20-7-3-1-4-8-20,21-9-5-2-6-10-21)22-18-12-16-11-17(14-18)15-19(22)13-16/h1-10,16-19,22H,11-15H2. The summed E-state index contributed by atoms with van der Waals surface area (Å²) in [5, 5.41) is 2.85. The van der Waals surface area contributed by atoms with Crippen LogP contribution in [0.15, 0.2) is 60.7 Å². The molecule has 0 nitrogen and oxygen atoms in total. The smallest absolute Gasteiger partial charge is 0.154 e. The molecule has 0 atom stereocenters. The summed E-state index contributed by atoms with van der Waals surface area (Å²) in [6, 6.07) is 22.2. The molecule has 0 radical (unpaired) electrons. The zero-order valence-electron chi connectivity index (χ0n) is 14.1. The van der Waals surface area contributed by atoms with E-state index in [9.17, 15) is 0 Å². The van der Waals surface area contributed by atoms with E-state index in [1.165, 1.54) is 42.5 Å². The summed E-state index contributed by atoms with van der Waals surface area (Å²) in [6.45, 7) is 0. The molecular formula is C22H25ClSi. The summed E-state index contributed by atoms with van der Waals surface area (Å²) in [6.07, 6.45) is 7.28. The van der Waals surface area contributed by atoms with Crippen molar-refractivity contribution in [3.05, 3.63) is 60.7 Å². The lowest BCUT2D eigenvalue weighted by Gasteiger charge is -2.58. The van der Waals surface area contributed by atoms with Gasteiger partial charge < -0.3 is 0 Å². The first-order chi connectivity index (χ1) is 11.7. The topological polar surface area (TPSA) is 0 Å². The van der Waals surface area contributed by atoms with E-state index in [2.05, 4.69) is 60.7 Å². The van der Waals surface area contributed by atoms with Crippen LogP contribution < -0.4 is 10.4 Å². The molecular weight excluding hydrogens is 328 g/mol. The quantitative estimate of drug-likeness (QED) is 0.549. The molecule has 0 N–H and O–H groups in total. The minimum atomic E-state index is -2.23. The zero-order chi connectivity index (χ0) is 16.1. The van der Waals surface area contributed by atoms with Gasteiger partial charge in [-0.25, -0.2) is 0 Å². The Labute approximate surface area is 151 Å². The lowest BCUT2D eigenvalue weighted by molar-refractivity contribution is 0.0190. The highest BCUT2D eigenvalue weighted by molar-refractivity contribution is 7.34. The van der Waals surface area contributed by atoms with E-state index in [1.807, 2.05) is 0 Å². The number of halogens is 1. The summed E-state index contributed by atoms with van der Waals surface area (Å²) in [7, 11) is -2.23. The van der Waals surface area contributed by atoms with E-state index in [0.29, 0.717) is 0 Å². The molecule has 4 aliphatic carbocycles. The van der Waals surface area contributed by atoms with Crippen molar-refractivity contribution in [2.75, 3.05) is 0 Å². The molecule has 0 amide bonds. The molecule has 0 saturated heterocycles. The van der Waals surface area contributed by atoms with E-state index < -0.39 is 7.38 Å². The number of rotatable bonds is 3. The van der Waals surface area contributed by atoms with Crippen LogP contribution in [0.5, 0.6) is 0 Å². The van der Waals surface area contributed by atoms with Gasteiger partial charge in [-0.2, -0.15) is 11.1 Å². The molecule has 2 heteroatoms. The molecule has 124 valence electrons. The molecule has 4 bridgehead atoms. The fourth-order valence-electron chi connectivity index (χ4n) is 6.49. The molecule has 0 heterocycles. The van der Waals surface area contributed by atoms with Gasteiger partial charge in [-0.15, -0.1) is 0 Å². The molecule has 4 fully saturated rings. The van der Waals surface area contributed by atoms with E-state index in [0.717, 1.165) is 29.2 Å². The minimum absolute atomic E-state index is 0.719. The SMILES string of the molecule is Cl[Si](c1ccccc1)(c1ccccc1)C1C2CC3CC(C2)CC1C3. The van der Waals surface area contributed by atoms with E-state index >= 15 is 0 Å². The molecule has 4 saturated carbocycles. The molecule has 4 aliphatic rings. The molecule has 6 rings (SSSR count). The van der Waals surface area contributed by atoms with Crippen LogP contribution >= 0.6 is 11.1 Å². The van der Waals surface area contributed by atoms with Crippen LogP contribution in [0.2, 0.25) is 5.54 Å². The van der Waals surface area contributed by atoms with Crippen LogP contribution in [0.1, 0.15) is 32.1 Å². The third-order valence-corrected chi connectivity index (χ3v) is 13.3. The van der Waals surface area contributed by atoms with Crippen LogP contribution in [-0.4, -0.2) is 7.38 Å². The third-order valence-electron chi connectivity index (χ3n) is 7.07. The first-order valence-corrected chi connectivity index (χ1v) is 12.6. The van der Waals surface area contributed by atoms with Gasteiger partial charge in [-0.05, 0) is 71.7 Å². The van der Waals surface area contributed by atoms with E-state index in [1.54, 1.807) is 0 Å². The maximum atomic E-state index is 7.77. The summed E-state index contributed by atoms with van der Waals surface area (Å²) in [5.41, 5.74) is 0.719. The predicted molar refractivity (Wildman–Crippen MR) is 105 cm³/mol. The monoisotopic (exact) mass is 352 g/mol. The maximum Gasteiger partial charge on any atom is 0.220 e. The first kappa shape index (κ1) is 15.2. The Balaban J connectivity index is 1.65. The Bertz CT molecular complexity index is 644. The Kier molecular flexibility index (Phi) is 3.64. The van der Waals surface area contributed by atoms with Crippen molar-refractivity contribution in [2.45, 2.75) is 37.6 Å². The van der Waals surface area contributed by atoms with Gasteiger partial charge in [0.1, 0.15) is 0 Å². The minimum Gasteiger partial charge on any atom is -0.154 e. The summed E-state index contributed by atoms with van der Waals surface area (Å²) in [5.74, 6) is 3.74. The van der Waals surface area contributed by atoms with Crippen molar-refractivity contribution in [3.63, 3.8) is 0 Å². The maximum absolute atomic E-state index is 7.77. The largest absolute Gasteiger partial charge is 0.220 e. The number of hydrogen-bond donors (Lipinski definition) is 0. The molecule has 2 aromatic rings. The Morgan fingerprint density at radius 1 is 0.625 bits per heavy atom. The van der Waals surface area contributed by atoms with E-state index in [4.69, 9.17) is 11.1 Å². The average Bonchev–Trinajstić information content (AvgIpc) is 2.62. The molecule has 0 unspecified atom stereocenters. The van der Waals surface area contributed by atoms with Crippen LogP contribution in [0.25, 0.3) is 0 Å².